The number of benzene rings is 1. The molecule has 3 rings (SSSR count). The van der Waals surface area contributed by atoms with Crippen molar-refractivity contribution >= 4 is 29.1 Å². The van der Waals surface area contributed by atoms with Gasteiger partial charge in [-0.05, 0) is 32.0 Å². The summed E-state index contributed by atoms with van der Waals surface area (Å²) in [7, 11) is 0. The van der Waals surface area contributed by atoms with Crippen LogP contribution >= 0.6 is 23.4 Å². The van der Waals surface area contributed by atoms with Crippen LogP contribution in [0.2, 0.25) is 5.02 Å². The van der Waals surface area contributed by atoms with E-state index in [2.05, 4.69) is 15.2 Å². The van der Waals surface area contributed by atoms with Crippen LogP contribution in [0, 0.1) is 13.8 Å². The van der Waals surface area contributed by atoms with Gasteiger partial charge in [0.1, 0.15) is 5.82 Å². The van der Waals surface area contributed by atoms with Crippen LogP contribution in [0.25, 0.3) is 5.69 Å². The summed E-state index contributed by atoms with van der Waals surface area (Å²) in [6.07, 6.45) is 0. The van der Waals surface area contributed by atoms with Crippen LogP contribution in [0.1, 0.15) is 11.5 Å². The Labute approximate surface area is 157 Å². The van der Waals surface area contributed by atoms with Crippen LogP contribution in [0.4, 0.5) is 5.69 Å². The second-order valence-electron chi connectivity index (χ2n) is 6.17. The average Bonchev–Trinajstić information content (AvgIpc) is 2.57. The minimum absolute atomic E-state index is 0.115. The van der Waals surface area contributed by atoms with Gasteiger partial charge < -0.3 is 5.32 Å². The molecule has 2 heterocycles. The van der Waals surface area contributed by atoms with Crippen LogP contribution in [0.15, 0.2) is 29.1 Å². The van der Waals surface area contributed by atoms with Crippen LogP contribution in [-0.2, 0) is 0 Å². The van der Waals surface area contributed by atoms with E-state index < -0.39 is 0 Å². The van der Waals surface area contributed by atoms with Gasteiger partial charge in [0.05, 0.1) is 10.7 Å². The van der Waals surface area contributed by atoms with Crippen molar-refractivity contribution in [2.75, 3.05) is 43.0 Å². The number of halogens is 1. The summed E-state index contributed by atoms with van der Waals surface area (Å²) in [6.45, 7) is 7.86. The van der Waals surface area contributed by atoms with E-state index in [1.807, 2.05) is 43.8 Å². The molecule has 1 aromatic heterocycles. The van der Waals surface area contributed by atoms with E-state index in [1.165, 1.54) is 17.6 Å². The zero-order valence-electron chi connectivity index (χ0n) is 14.6. The lowest BCUT2D eigenvalue weighted by atomic mass is 10.2. The first-order valence-corrected chi connectivity index (χ1v) is 9.99. The average molecular weight is 379 g/mol. The minimum Gasteiger partial charge on any atom is -0.384 e. The topological polar surface area (TPSA) is 50.2 Å². The monoisotopic (exact) mass is 378 g/mol. The molecule has 0 spiro atoms. The molecule has 1 saturated heterocycles. The summed E-state index contributed by atoms with van der Waals surface area (Å²) in [5.74, 6) is 3.08. The number of aryl methyl sites for hydroxylation is 2. The molecule has 0 unspecified atom stereocenters. The van der Waals surface area contributed by atoms with Gasteiger partial charge in [0.2, 0.25) is 0 Å². The van der Waals surface area contributed by atoms with Gasteiger partial charge in [-0.15, -0.1) is 0 Å². The van der Waals surface area contributed by atoms with Gasteiger partial charge in [-0.2, -0.15) is 11.8 Å². The molecule has 5 nitrogen and oxygen atoms in total. The van der Waals surface area contributed by atoms with Crippen molar-refractivity contribution in [2.45, 2.75) is 13.8 Å². The highest BCUT2D eigenvalue weighted by Crippen LogP contribution is 2.24. The van der Waals surface area contributed by atoms with Crippen molar-refractivity contribution < 1.29 is 0 Å². The van der Waals surface area contributed by atoms with E-state index in [-0.39, 0.29) is 5.56 Å². The maximum atomic E-state index is 12.3. The number of anilines is 1. The molecule has 0 radical (unpaired) electrons. The SMILES string of the molecule is Cc1cc(=O)n(-c2ccc(NCCN3CCSCC3)cc2Cl)c(C)n1. The third kappa shape index (κ3) is 4.57. The van der Waals surface area contributed by atoms with Gasteiger partial charge in [-0.1, -0.05) is 11.6 Å². The first-order valence-electron chi connectivity index (χ1n) is 8.46. The van der Waals surface area contributed by atoms with Crippen molar-refractivity contribution in [3.05, 3.63) is 51.2 Å². The molecule has 1 N–H and O–H groups in total. The lowest BCUT2D eigenvalue weighted by Crippen LogP contribution is -2.36. The van der Waals surface area contributed by atoms with Crippen molar-refractivity contribution in [2.24, 2.45) is 0 Å². The Bertz CT molecular complexity index is 802. The molecule has 0 aliphatic carbocycles. The molecule has 0 saturated carbocycles. The highest BCUT2D eigenvalue weighted by atomic mass is 35.5. The van der Waals surface area contributed by atoms with Gasteiger partial charge in [-0.3, -0.25) is 14.3 Å². The number of nitrogens with one attached hydrogen (secondary N) is 1. The number of hydrogen-bond acceptors (Lipinski definition) is 5. The fourth-order valence-corrected chi connectivity index (χ4v) is 4.26. The number of aromatic nitrogens is 2. The summed E-state index contributed by atoms with van der Waals surface area (Å²) < 4.78 is 1.55. The molecule has 134 valence electrons. The molecule has 1 aliphatic heterocycles. The van der Waals surface area contributed by atoms with Gasteiger partial charge >= 0.3 is 0 Å². The standard InChI is InChI=1S/C18H23ClN4OS/c1-13-11-18(24)23(14(2)21-13)17-4-3-15(12-16(17)19)20-5-6-22-7-9-25-10-8-22/h3-4,11-12,20H,5-10H2,1-2H3. The first-order chi connectivity index (χ1) is 12.0. The fraction of sp³-hybridized carbons (Fsp3) is 0.444. The molecule has 0 bridgehead atoms. The number of thioether (sulfide) groups is 1. The lowest BCUT2D eigenvalue weighted by Gasteiger charge is -2.26. The van der Waals surface area contributed by atoms with E-state index in [4.69, 9.17) is 11.6 Å². The quantitative estimate of drug-likeness (QED) is 0.866. The molecule has 1 aliphatic rings. The van der Waals surface area contributed by atoms with Gasteiger partial charge in [-0.25, -0.2) is 4.98 Å². The summed E-state index contributed by atoms with van der Waals surface area (Å²) in [4.78, 5) is 19.1. The minimum atomic E-state index is -0.115. The molecule has 7 heteroatoms. The highest BCUT2D eigenvalue weighted by Gasteiger charge is 2.11. The predicted octanol–water partition coefficient (Wildman–Crippen LogP) is 2.96. The molecule has 0 atom stereocenters. The second-order valence-corrected chi connectivity index (χ2v) is 7.80. The Morgan fingerprint density at radius 1 is 1.24 bits per heavy atom. The fourth-order valence-electron chi connectivity index (χ4n) is 3.01. The van der Waals surface area contributed by atoms with Crippen molar-refractivity contribution in [1.82, 2.24) is 14.5 Å². The molecule has 0 amide bonds. The normalized spacial score (nSPS) is 15.3. The van der Waals surface area contributed by atoms with Gasteiger partial charge in [0.25, 0.3) is 5.56 Å². The molecule has 2 aromatic rings. The van der Waals surface area contributed by atoms with Crippen LogP contribution < -0.4 is 10.9 Å². The number of rotatable bonds is 5. The second kappa shape index (κ2) is 8.25. The van der Waals surface area contributed by atoms with Crippen molar-refractivity contribution in [3.63, 3.8) is 0 Å². The Balaban J connectivity index is 1.70. The van der Waals surface area contributed by atoms with Crippen molar-refractivity contribution in [3.8, 4) is 5.69 Å². The first kappa shape index (κ1) is 18.3. The van der Waals surface area contributed by atoms with E-state index in [9.17, 15) is 4.79 Å². The third-order valence-electron chi connectivity index (χ3n) is 4.26. The largest absolute Gasteiger partial charge is 0.384 e. The van der Waals surface area contributed by atoms with E-state index >= 15 is 0 Å². The summed E-state index contributed by atoms with van der Waals surface area (Å²) in [6, 6.07) is 7.22. The summed E-state index contributed by atoms with van der Waals surface area (Å²) in [5.41, 5.74) is 2.22. The lowest BCUT2D eigenvalue weighted by molar-refractivity contribution is 0.314. The molecular weight excluding hydrogens is 356 g/mol. The summed E-state index contributed by atoms with van der Waals surface area (Å²) in [5, 5.41) is 3.95. The Morgan fingerprint density at radius 2 is 2.00 bits per heavy atom. The maximum Gasteiger partial charge on any atom is 0.258 e. The highest BCUT2D eigenvalue weighted by molar-refractivity contribution is 7.99. The molecule has 25 heavy (non-hydrogen) atoms. The van der Waals surface area contributed by atoms with Crippen LogP contribution in [-0.4, -0.2) is 52.1 Å². The van der Waals surface area contributed by atoms with E-state index in [0.29, 0.717) is 22.2 Å². The number of hydrogen-bond donors (Lipinski definition) is 1. The third-order valence-corrected chi connectivity index (χ3v) is 5.51. The van der Waals surface area contributed by atoms with Gasteiger partial charge in [0.15, 0.2) is 0 Å². The Kier molecular flexibility index (Phi) is 6.04. The Hall–Kier alpha value is -1.50. The predicted molar refractivity (Wildman–Crippen MR) is 107 cm³/mol. The zero-order valence-corrected chi connectivity index (χ0v) is 16.2. The molecule has 1 fully saturated rings. The van der Waals surface area contributed by atoms with E-state index in [0.717, 1.165) is 31.9 Å². The smallest absolute Gasteiger partial charge is 0.258 e. The number of nitrogens with zero attached hydrogens (tertiary/aromatic N) is 3. The molecule has 1 aromatic carbocycles. The Morgan fingerprint density at radius 3 is 2.68 bits per heavy atom. The maximum absolute atomic E-state index is 12.3. The van der Waals surface area contributed by atoms with Crippen LogP contribution in [0.5, 0.6) is 0 Å². The van der Waals surface area contributed by atoms with Crippen LogP contribution in [0.3, 0.4) is 0 Å². The van der Waals surface area contributed by atoms with Crippen molar-refractivity contribution in [1.29, 1.82) is 0 Å². The summed E-state index contributed by atoms with van der Waals surface area (Å²) >= 11 is 8.46. The van der Waals surface area contributed by atoms with E-state index in [1.54, 1.807) is 4.57 Å². The van der Waals surface area contributed by atoms with Gasteiger partial charge in [0, 0.05) is 55.1 Å². The zero-order chi connectivity index (χ0) is 17.8. The molecular formula is C18H23ClN4OS.